The van der Waals surface area contributed by atoms with E-state index in [4.69, 9.17) is 14.6 Å². The first-order valence-corrected chi connectivity index (χ1v) is 11.5. The normalized spacial score (nSPS) is 11.6. The Kier molecular flexibility index (Phi) is 13.1. The monoisotopic (exact) mass is 616 g/mol. The molecule has 0 radical (unpaired) electrons. The molecular formula is C25H31F2IN4O4. The number of nitrogens with one attached hydrogen (secondary N) is 1. The summed E-state index contributed by atoms with van der Waals surface area (Å²) in [5.74, 6) is 0.468. The van der Waals surface area contributed by atoms with E-state index in [0.29, 0.717) is 28.6 Å². The molecule has 0 saturated carbocycles. The van der Waals surface area contributed by atoms with E-state index in [9.17, 15) is 13.9 Å². The molecule has 0 aliphatic carbocycles. The number of methoxy groups -OCH3 is 2. The Bertz CT molecular complexity index is 1180. The fraction of sp³-hybridized carbons (Fsp3) is 0.280. The van der Waals surface area contributed by atoms with Crippen molar-refractivity contribution in [3.8, 4) is 17.4 Å². The Morgan fingerprint density at radius 2 is 1.53 bits per heavy atom. The molecule has 0 spiro atoms. The van der Waals surface area contributed by atoms with E-state index in [-0.39, 0.29) is 19.1 Å². The topological polar surface area (TPSA) is 105 Å². The molecule has 0 bridgehead atoms. The third-order valence-electron chi connectivity index (χ3n) is 4.56. The fourth-order valence-electron chi connectivity index (χ4n) is 2.81. The number of aliphatic hydroxyl groups is 2. The number of halogens is 3. The van der Waals surface area contributed by atoms with E-state index in [0.717, 1.165) is 3.57 Å². The van der Waals surface area contributed by atoms with Gasteiger partial charge < -0.3 is 19.7 Å². The van der Waals surface area contributed by atoms with Crippen molar-refractivity contribution in [2.24, 2.45) is 0 Å². The summed E-state index contributed by atoms with van der Waals surface area (Å²) < 4.78 is 37.9. The van der Waals surface area contributed by atoms with Crippen molar-refractivity contribution in [3.05, 3.63) is 87.3 Å². The standard InChI is InChI=1S/C12H13FN2O2.C8H8FIO.C4H6N2O.CH4/c1-8(16)10-7-9(13)3-4-11(10)15-6-5-12(14-15)17-2;1-5(11)7-4-6(9)2-3-8(7)10;1-7-4-2-3-5-6-4;/h3-8,16H,1-2H3;2-5,11H,1H3;2-3H,1H3,(H,5,6);1H4/t8-;5-;;/m11../s1. The van der Waals surface area contributed by atoms with Gasteiger partial charge >= 0.3 is 0 Å². The molecule has 4 aromatic rings. The van der Waals surface area contributed by atoms with Crippen LogP contribution < -0.4 is 9.47 Å². The molecule has 36 heavy (non-hydrogen) atoms. The lowest BCUT2D eigenvalue weighted by molar-refractivity contribution is 0.197. The summed E-state index contributed by atoms with van der Waals surface area (Å²) in [6.07, 6.45) is 1.96. The molecular weight excluding hydrogens is 585 g/mol. The van der Waals surface area contributed by atoms with Gasteiger partial charge in [0.25, 0.3) is 0 Å². The Hall–Kier alpha value is -3.03. The van der Waals surface area contributed by atoms with Gasteiger partial charge in [0.1, 0.15) is 11.6 Å². The lowest BCUT2D eigenvalue weighted by Crippen LogP contribution is -2.04. The molecule has 0 amide bonds. The minimum atomic E-state index is -0.768. The van der Waals surface area contributed by atoms with Gasteiger partial charge in [-0.3, -0.25) is 0 Å². The number of hydrogen-bond donors (Lipinski definition) is 3. The van der Waals surface area contributed by atoms with Gasteiger partial charge in [0, 0.05) is 27.5 Å². The molecule has 0 unspecified atom stereocenters. The number of ether oxygens (including phenoxy) is 2. The van der Waals surface area contributed by atoms with Crippen LogP contribution in [-0.2, 0) is 0 Å². The highest BCUT2D eigenvalue weighted by molar-refractivity contribution is 14.1. The van der Waals surface area contributed by atoms with E-state index in [1.807, 2.05) is 0 Å². The van der Waals surface area contributed by atoms with Crippen molar-refractivity contribution >= 4 is 22.6 Å². The number of aliphatic hydroxyl groups excluding tert-OH is 2. The van der Waals surface area contributed by atoms with Gasteiger partial charge in [0.15, 0.2) is 0 Å². The average Bonchev–Trinajstić information content (AvgIpc) is 3.53. The van der Waals surface area contributed by atoms with E-state index in [1.165, 1.54) is 31.4 Å². The van der Waals surface area contributed by atoms with Crippen LogP contribution in [0.15, 0.2) is 60.9 Å². The third kappa shape index (κ3) is 9.21. The first-order valence-electron chi connectivity index (χ1n) is 10.4. The van der Waals surface area contributed by atoms with Crippen LogP contribution in [-0.4, -0.2) is 44.4 Å². The van der Waals surface area contributed by atoms with Crippen molar-refractivity contribution in [2.75, 3.05) is 14.2 Å². The molecule has 2 aromatic carbocycles. The summed E-state index contributed by atoms with van der Waals surface area (Å²) in [5.41, 5.74) is 1.76. The summed E-state index contributed by atoms with van der Waals surface area (Å²) in [6, 6.07) is 12.0. The number of aromatic nitrogens is 4. The van der Waals surface area contributed by atoms with Crippen LogP contribution in [0.25, 0.3) is 5.69 Å². The van der Waals surface area contributed by atoms with Crippen molar-refractivity contribution < 1.29 is 28.5 Å². The zero-order chi connectivity index (χ0) is 26.0. The SMILES string of the molecule is C.COc1ccn(-c2ccc(F)cc2[C@@H](C)O)n1.COc1ccn[nH]1.C[C@@H](O)c1cc(F)ccc1I. The second-order valence-corrected chi connectivity index (χ2v) is 8.31. The van der Waals surface area contributed by atoms with E-state index >= 15 is 0 Å². The molecule has 2 atom stereocenters. The molecule has 11 heteroatoms. The quantitative estimate of drug-likeness (QED) is 0.252. The fourth-order valence-corrected chi connectivity index (χ4v) is 3.60. The lowest BCUT2D eigenvalue weighted by atomic mass is 10.1. The van der Waals surface area contributed by atoms with Gasteiger partial charge in [-0.05, 0) is 78.4 Å². The molecule has 0 fully saturated rings. The van der Waals surface area contributed by atoms with Crippen LogP contribution in [0, 0.1) is 15.2 Å². The highest BCUT2D eigenvalue weighted by Crippen LogP contribution is 2.23. The smallest absolute Gasteiger partial charge is 0.232 e. The van der Waals surface area contributed by atoms with Gasteiger partial charge in [-0.1, -0.05) is 7.43 Å². The first kappa shape index (κ1) is 31.0. The average molecular weight is 616 g/mol. The molecule has 2 aromatic heterocycles. The summed E-state index contributed by atoms with van der Waals surface area (Å²) in [6.45, 7) is 3.20. The van der Waals surface area contributed by atoms with Crippen LogP contribution in [0.2, 0.25) is 0 Å². The molecule has 2 heterocycles. The van der Waals surface area contributed by atoms with E-state index in [2.05, 4.69) is 37.9 Å². The zero-order valence-corrected chi connectivity index (χ0v) is 21.8. The Labute approximate surface area is 223 Å². The molecule has 196 valence electrons. The third-order valence-corrected chi connectivity index (χ3v) is 5.55. The molecule has 4 rings (SSSR count). The largest absolute Gasteiger partial charge is 0.481 e. The minimum absolute atomic E-state index is 0. The molecule has 0 saturated heterocycles. The molecule has 0 aliphatic heterocycles. The summed E-state index contributed by atoms with van der Waals surface area (Å²) in [7, 11) is 3.11. The predicted octanol–water partition coefficient (Wildman–Crippen LogP) is 5.61. The van der Waals surface area contributed by atoms with Crippen LogP contribution in [0.1, 0.15) is 44.6 Å². The highest BCUT2D eigenvalue weighted by atomic mass is 127. The second kappa shape index (κ2) is 15.2. The first-order chi connectivity index (χ1) is 16.7. The zero-order valence-electron chi connectivity index (χ0n) is 19.6. The Morgan fingerprint density at radius 1 is 0.917 bits per heavy atom. The van der Waals surface area contributed by atoms with Gasteiger partial charge in [0.2, 0.25) is 11.8 Å². The number of hydrogen-bond acceptors (Lipinski definition) is 6. The number of nitrogens with zero attached hydrogens (tertiary/aromatic N) is 3. The maximum atomic E-state index is 13.1. The Balaban J connectivity index is 0.000000293. The van der Waals surface area contributed by atoms with Gasteiger partial charge in [-0.2, -0.15) is 5.10 Å². The van der Waals surface area contributed by atoms with Crippen molar-refractivity contribution in [1.82, 2.24) is 20.0 Å². The second-order valence-electron chi connectivity index (χ2n) is 7.15. The predicted molar refractivity (Wildman–Crippen MR) is 142 cm³/mol. The van der Waals surface area contributed by atoms with Crippen LogP contribution >= 0.6 is 22.6 Å². The Morgan fingerprint density at radius 3 is 1.97 bits per heavy atom. The number of H-pyrrole nitrogens is 1. The van der Waals surface area contributed by atoms with Crippen LogP contribution in [0.5, 0.6) is 11.8 Å². The van der Waals surface area contributed by atoms with Crippen molar-refractivity contribution in [3.63, 3.8) is 0 Å². The van der Waals surface area contributed by atoms with Gasteiger partial charge in [-0.25, -0.2) is 18.6 Å². The summed E-state index contributed by atoms with van der Waals surface area (Å²) >= 11 is 2.07. The van der Waals surface area contributed by atoms with Crippen molar-refractivity contribution in [2.45, 2.75) is 33.5 Å². The lowest BCUT2D eigenvalue weighted by Gasteiger charge is -2.11. The molecule has 3 N–H and O–H groups in total. The van der Waals surface area contributed by atoms with Gasteiger partial charge in [0.05, 0.1) is 38.3 Å². The van der Waals surface area contributed by atoms with E-state index < -0.39 is 12.2 Å². The number of benzene rings is 2. The van der Waals surface area contributed by atoms with Crippen LogP contribution in [0.3, 0.4) is 0 Å². The highest BCUT2D eigenvalue weighted by Gasteiger charge is 2.12. The van der Waals surface area contributed by atoms with E-state index in [1.54, 1.807) is 62.3 Å². The molecule has 8 nitrogen and oxygen atoms in total. The summed E-state index contributed by atoms with van der Waals surface area (Å²) in [4.78, 5) is 0. The van der Waals surface area contributed by atoms with Crippen LogP contribution in [0.4, 0.5) is 8.78 Å². The number of aromatic amines is 1. The maximum Gasteiger partial charge on any atom is 0.232 e. The van der Waals surface area contributed by atoms with Gasteiger partial charge in [-0.15, -0.1) is 5.10 Å². The van der Waals surface area contributed by atoms with Crippen molar-refractivity contribution in [1.29, 1.82) is 0 Å². The number of rotatable bonds is 5. The maximum absolute atomic E-state index is 13.1. The molecule has 0 aliphatic rings. The minimum Gasteiger partial charge on any atom is -0.481 e. The summed E-state index contributed by atoms with van der Waals surface area (Å²) in [5, 5.41) is 29.2.